The Bertz CT molecular complexity index is 182. The minimum absolute atomic E-state index is 0.125. The second-order valence-electron chi connectivity index (χ2n) is 5.66. The quantitative estimate of drug-likeness (QED) is 0.382. The maximum absolute atomic E-state index is 7.62. The van der Waals surface area contributed by atoms with Crippen molar-refractivity contribution in [3.63, 3.8) is 0 Å². The fourth-order valence-electron chi connectivity index (χ4n) is 2.07. The second-order valence-corrected chi connectivity index (χ2v) is 5.66. The van der Waals surface area contributed by atoms with Crippen LogP contribution in [0.15, 0.2) is 0 Å². The maximum Gasteiger partial charge on any atom is 0.104 e. The van der Waals surface area contributed by atoms with Gasteiger partial charge in [0.2, 0.25) is 0 Å². The van der Waals surface area contributed by atoms with Gasteiger partial charge in [-0.25, -0.2) is 0 Å². The van der Waals surface area contributed by atoms with Crippen molar-refractivity contribution in [1.82, 2.24) is 0 Å². The van der Waals surface area contributed by atoms with Gasteiger partial charge in [0, 0.05) is 6.61 Å². The Morgan fingerprint density at radius 1 is 0.857 bits per heavy atom. The molecule has 1 aliphatic rings. The van der Waals surface area contributed by atoms with Crippen molar-refractivity contribution in [2.45, 2.75) is 77.2 Å². The Morgan fingerprint density at radius 3 is 1.76 bits per heavy atom. The van der Waals surface area contributed by atoms with Crippen LogP contribution in [-0.2, 0) is 9.47 Å². The molecule has 1 fully saturated rings. The van der Waals surface area contributed by atoms with Crippen LogP contribution in [-0.4, -0.2) is 49.4 Å². The van der Waals surface area contributed by atoms with Gasteiger partial charge in [0.05, 0.1) is 26.4 Å². The topological polar surface area (TPSA) is 62.2 Å². The van der Waals surface area contributed by atoms with Crippen molar-refractivity contribution in [1.29, 1.82) is 0 Å². The number of rotatable bonds is 14. The molecule has 1 atom stereocenters. The number of unbranched alkanes of at least 4 members (excludes halogenated alkanes) is 9. The number of ether oxygens (including phenoxy) is 2. The lowest BCUT2D eigenvalue weighted by Crippen LogP contribution is -2.02. The molecule has 1 saturated heterocycles. The number of epoxide rings is 1. The minimum Gasteiger partial charge on any atom is -0.394 e. The lowest BCUT2D eigenvalue weighted by atomic mass is 10.1. The molecule has 0 radical (unpaired) electrons. The van der Waals surface area contributed by atoms with E-state index in [1.807, 2.05) is 0 Å². The molecule has 1 heterocycles. The highest BCUT2D eigenvalue weighted by molar-refractivity contribution is 4.66. The third kappa shape index (κ3) is 19.8. The molecular weight excluding hydrogens is 268 g/mol. The van der Waals surface area contributed by atoms with Crippen LogP contribution < -0.4 is 0 Å². The van der Waals surface area contributed by atoms with Crippen LogP contribution in [0.5, 0.6) is 0 Å². The van der Waals surface area contributed by atoms with E-state index in [4.69, 9.17) is 19.7 Å². The van der Waals surface area contributed by atoms with Gasteiger partial charge in [-0.1, -0.05) is 64.7 Å². The first-order chi connectivity index (χ1) is 10.3. The van der Waals surface area contributed by atoms with Gasteiger partial charge in [-0.2, -0.15) is 0 Å². The van der Waals surface area contributed by atoms with Crippen molar-refractivity contribution in [2.75, 3.05) is 33.0 Å². The summed E-state index contributed by atoms with van der Waals surface area (Å²) in [5.74, 6) is 0. The van der Waals surface area contributed by atoms with Crippen LogP contribution in [0.1, 0.15) is 71.1 Å². The van der Waals surface area contributed by atoms with Crippen LogP contribution in [0.3, 0.4) is 0 Å². The number of aliphatic hydroxyl groups is 2. The van der Waals surface area contributed by atoms with Gasteiger partial charge in [-0.15, -0.1) is 0 Å². The molecule has 0 amide bonds. The summed E-state index contributed by atoms with van der Waals surface area (Å²) in [6.45, 7) is 4.68. The fraction of sp³-hybridized carbons (Fsp3) is 1.00. The van der Waals surface area contributed by atoms with Gasteiger partial charge < -0.3 is 19.7 Å². The van der Waals surface area contributed by atoms with Crippen molar-refractivity contribution in [2.24, 2.45) is 0 Å². The van der Waals surface area contributed by atoms with E-state index in [-0.39, 0.29) is 13.2 Å². The van der Waals surface area contributed by atoms with Crippen molar-refractivity contribution in [3.05, 3.63) is 0 Å². The number of hydrogen-bond acceptors (Lipinski definition) is 4. The number of aliphatic hydroxyl groups excluding tert-OH is 2. The average Bonchev–Trinajstić information content (AvgIpc) is 3.33. The van der Waals surface area contributed by atoms with Gasteiger partial charge in [0.25, 0.3) is 0 Å². The molecule has 1 rings (SSSR count). The van der Waals surface area contributed by atoms with Crippen molar-refractivity contribution >= 4 is 0 Å². The molecule has 0 saturated carbocycles. The van der Waals surface area contributed by atoms with E-state index in [0.29, 0.717) is 6.10 Å². The largest absolute Gasteiger partial charge is 0.394 e. The van der Waals surface area contributed by atoms with Gasteiger partial charge >= 0.3 is 0 Å². The molecule has 21 heavy (non-hydrogen) atoms. The van der Waals surface area contributed by atoms with Crippen molar-refractivity contribution < 1.29 is 19.7 Å². The first-order valence-electron chi connectivity index (χ1n) is 8.76. The van der Waals surface area contributed by atoms with Gasteiger partial charge in [0.15, 0.2) is 0 Å². The third-order valence-electron chi connectivity index (χ3n) is 3.45. The van der Waals surface area contributed by atoms with Gasteiger partial charge in [-0.3, -0.25) is 0 Å². The minimum atomic E-state index is -0.125. The molecule has 0 aliphatic carbocycles. The van der Waals surface area contributed by atoms with Gasteiger partial charge in [0.1, 0.15) is 6.10 Å². The highest BCUT2D eigenvalue weighted by Crippen LogP contribution is 2.11. The molecule has 0 aromatic rings. The first kappa shape index (κ1) is 20.8. The van der Waals surface area contributed by atoms with Crippen molar-refractivity contribution in [3.8, 4) is 0 Å². The molecule has 4 heteroatoms. The van der Waals surface area contributed by atoms with E-state index in [2.05, 4.69) is 6.92 Å². The molecule has 2 N–H and O–H groups in total. The zero-order valence-corrected chi connectivity index (χ0v) is 13.9. The highest BCUT2D eigenvalue weighted by atomic mass is 16.6. The summed E-state index contributed by atoms with van der Waals surface area (Å²) in [6.07, 6.45) is 14.3. The predicted molar refractivity (Wildman–Crippen MR) is 86.6 cm³/mol. The standard InChI is InChI=1S/C15H30O2.C2H6O2/c1-2-3-4-5-6-7-8-9-10-11-12-16-13-15-14-17-15;3-1-2-4/h15H,2-14H2,1H3;3-4H,1-2H2. The Kier molecular flexibility index (Phi) is 17.8. The smallest absolute Gasteiger partial charge is 0.104 e. The summed E-state index contributed by atoms with van der Waals surface area (Å²) >= 11 is 0. The molecule has 0 bridgehead atoms. The molecule has 0 aromatic carbocycles. The summed E-state index contributed by atoms with van der Waals surface area (Å²) in [7, 11) is 0. The molecule has 1 aliphatic heterocycles. The summed E-state index contributed by atoms with van der Waals surface area (Å²) in [5, 5.41) is 15.2. The highest BCUT2D eigenvalue weighted by Gasteiger charge is 2.21. The molecule has 0 spiro atoms. The Balaban J connectivity index is 0.000000885. The molecule has 1 unspecified atom stereocenters. The predicted octanol–water partition coefficient (Wildman–Crippen LogP) is 3.29. The zero-order valence-electron chi connectivity index (χ0n) is 13.9. The van der Waals surface area contributed by atoms with Crippen LogP contribution in [0.25, 0.3) is 0 Å². The maximum atomic E-state index is 7.62. The molecule has 128 valence electrons. The zero-order chi connectivity index (χ0) is 15.6. The van der Waals surface area contributed by atoms with E-state index in [9.17, 15) is 0 Å². The van der Waals surface area contributed by atoms with E-state index < -0.39 is 0 Å². The molecule has 0 aromatic heterocycles. The normalized spacial score (nSPS) is 16.4. The van der Waals surface area contributed by atoms with E-state index in [0.717, 1.165) is 19.8 Å². The Labute approximate surface area is 130 Å². The molecular formula is C17H36O4. The second kappa shape index (κ2) is 17.9. The van der Waals surface area contributed by atoms with Crippen LogP contribution in [0, 0.1) is 0 Å². The van der Waals surface area contributed by atoms with Gasteiger partial charge in [-0.05, 0) is 6.42 Å². The SMILES string of the molecule is CCCCCCCCCCCCOCC1CO1.OCCO. The van der Waals surface area contributed by atoms with Crippen LogP contribution in [0.2, 0.25) is 0 Å². The first-order valence-corrected chi connectivity index (χ1v) is 8.76. The summed E-state index contributed by atoms with van der Waals surface area (Å²) in [4.78, 5) is 0. The molecule has 4 nitrogen and oxygen atoms in total. The fourth-order valence-corrected chi connectivity index (χ4v) is 2.07. The Hall–Kier alpha value is -0.160. The summed E-state index contributed by atoms with van der Waals surface area (Å²) < 4.78 is 10.6. The summed E-state index contributed by atoms with van der Waals surface area (Å²) in [6, 6.07) is 0. The van der Waals surface area contributed by atoms with Crippen LogP contribution >= 0.6 is 0 Å². The third-order valence-corrected chi connectivity index (χ3v) is 3.45. The van der Waals surface area contributed by atoms with Crippen LogP contribution in [0.4, 0.5) is 0 Å². The lowest BCUT2D eigenvalue weighted by molar-refractivity contribution is 0.113. The Morgan fingerprint density at radius 2 is 1.33 bits per heavy atom. The van der Waals surface area contributed by atoms with E-state index in [1.54, 1.807) is 0 Å². The average molecular weight is 304 g/mol. The number of hydrogen-bond donors (Lipinski definition) is 2. The summed E-state index contributed by atoms with van der Waals surface area (Å²) in [5.41, 5.74) is 0. The van der Waals surface area contributed by atoms with E-state index >= 15 is 0 Å². The lowest BCUT2D eigenvalue weighted by Gasteiger charge is -2.03. The van der Waals surface area contributed by atoms with E-state index in [1.165, 1.54) is 64.2 Å². The monoisotopic (exact) mass is 304 g/mol.